The van der Waals surface area contributed by atoms with Gasteiger partial charge < -0.3 is 14.8 Å². The van der Waals surface area contributed by atoms with Crippen LogP contribution in [-0.4, -0.2) is 25.8 Å². The second kappa shape index (κ2) is 6.49. The van der Waals surface area contributed by atoms with E-state index in [1.165, 1.54) is 25.7 Å². The molecule has 1 heterocycles. The third-order valence-corrected chi connectivity index (χ3v) is 4.42. The number of fused-ring (bicyclic) bond motifs is 1. The number of hydrogen-bond donors (Lipinski definition) is 1. The van der Waals surface area contributed by atoms with Gasteiger partial charge in [0.15, 0.2) is 11.5 Å². The van der Waals surface area contributed by atoms with Crippen molar-refractivity contribution in [3.63, 3.8) is 0 Å². The van der Waals surface area contributed by atoms with E-state index in [-0.39, 0.29) is 6.10 Å². The highest BCUT2D eigenvalue weighted by atomic mass is 16.6. The predicted molar refractivity (Wildman–Crippen MR) is 80.3 cm³/mol. The number of nitrogens with one attached hydrogen (secondary N) is 1. The molecular formula is C17H25NO2. The van der Waals surface area contributed by atoms with Gasteiger partial charge in [-0.05, 0) is 43.4 Å². The van der Waals surface area contributed by atoms with E-state index < -0.39 is 0 Å². The monoisotopic (exact) mass is 275 g/mol. The highest BCUT2D eigenvalue weighted by Gasteiger charge is 2.22. The van der Waals surface area contributed by atoms with E-state index in [2.05, 4.69) is 12.2 Å². The third-order valence-electron chi connectivity index (χ3n) is 4.42. The third kappa shape index (κ3) is 3.45. The Balaban J connectivity index is 1.41. The molecule has 0 radical (unpaired) electrons. The SMILES string of the molecule is CC1CCCC(CNCC2COc3ccccc3O2)C1. The minimum atomic E-state index is 0.130. The first kappa shape index (κ1) is 13.7. The summed E-state index contributed by atoms with van der Waals surface area (Å²) in [5.41, 5.74) is 0. The molecule has 0 bridgehead atoms. The maximum atomic E-state index is 5.95. The quantitative estimate of drug-likeness (QED) is 0.915. The minimum absolute atomic E-state index is 0.130. The fraction of sp³-hybridized carbons (Fsp3) is 0.647. The van der Waals surface area contributed by atoms with Crippen molar-refractivity contribution in [2.75, 3.05) is 19.7 Å². The Morgan fingerprint density at radius 3 is 2.85 bits per heavy atom. The molecule has 3 nitrogen and oxygen atoms in total. The number of benzene rings is 1. The van der Waals surface area contributed by atoms with Crippen LogP contribution in [0.3, 0.4) is 0 Å². The van der Waals surface area contributed by atoms with Crippen molar-refractivity contribution in [1.82, 2.24) is 5.32 Å². The van der Waals surface area contributed by atoms with Crippen molar-refractivity contribution in [1.29, 1.82) is 0 Å². The fourth-order valence-electron chi connectivity index (χ4n) is 3.36. The maximum absolute atomic E-state index is 5.95. The van der Waals surface area contributed by atoms with Gasteiger partial charge in [-0.3, -0.25) is 0 Å². The topological polar surface area (TPSA) is 30.5 Å². The summed E-state index contributed by atoms with van der Waals surface area (Å²) in [7, 11) is 0. The molecule has 1 aliphatic heterocycles. The summed E-state index contributed by atoms with van der Waals surface area (Å²) in [5.74, 6) is 3.48. The molecule has 0 aromatic heterocycles. The number of rotatable bonds is 4. The summed E-state index contributed by atoms with van der Waals surface area (Å²) in [4.78, 5) is 0. The minimum Gasteiger partial charge on any atom is -0.486 e. The van der Waals surface area contributed by atoms with Crippen LogP contribution >= 0.6 is 0 Å². The van der Waals surface area contributed by atoms with E-state index >= 15 is 0 Å². The summed E-state index contributed by atoms with van der Waals surface area (Å²) in [6.07, 6.45) is 5.68. The van der Waals surface area contributed by atoms with E-state index in [9.17, 15) is 0 Å². The summed E-state index contributed by atoms with van der Waals surface area (Å²) in [6.45, 7) is 5.01. The lowest BCUT2D eigenvalue weighted by molar-refractivity contribution is 0.0888. The second-order valence-electron chi connectivity index (χ2n) is 6.29. The van der Waals surface area contributed by atoms with Crippen LogP contribution in [0.2, 0.25) is 0 Å². The Bertz CT molecular complexity index is 435. The summed E-state index contributed by atoms with van der Waals surface area (Å²) >= 11 is 0. The highest BCUT2D eigenvalue weighted by Crippen LogP contribution is 2.31. The second-order valence-corrected chi connectivity index (χ2v) is 6.29. The van der Waals surface area contributed by atoms with Crippen LogP contribution in [-0.2, 0) is 0 Å². The maximum Gasteiger partial charge on any atom is 0.161 e. The Hall–Kier alpha value is -1.22. The van der Waals surface area contributed by atoms with Gasteiger partial charge in [0.25, 0.3) is 0 Å². The van der Waals surface area contributed by atoms with Crippen molar-refractivity contribution in [3.8, 4) is 11.5 Å². The van der Waals surface area contributed by atoms with E-state index in [0.717, 1.165) is 36.4 Å². The van der Waals surface area contributed by atoms with Gasteiger partial charge >= 0.3 is 0 Å². The largest absolute Gasteiger partial charge is 0.486 e. The van der Waals surface area contributed by atoms with Crippen LogP contribution in [0.5, 0.6) is 11.5 Å². The molecule has 3 heteroatoms. The van der Waals surface area contributed by atoms with Gasteiger partial charge in [0, 0.05) is 6.54 Å². The zero-order valence-electron chi connectivity index (χ0n) is 12.3. The molecule has 20 heavy (non-hydrogen) atoms. The normalized spacial score (nSPS) is 29.1. The molecule has 1 aliphatic carbocycles. The van der Waals surface area contributed by atoms with Crippen molar-refractivity contribution >= 4 is 0 Å². The zero-order valence-corrected chi connectivity index (χ0v) is 12.3. The molecule has 0 spiro atoms. The molecule has 1 fully saturated rings. The number of ether oxygens (including phenoxy) is 2. The molecule has 3 atom stereocenters. The lowest BCUT2D eigenvalue weighted by Crippen LogP contribution is -2.40. The first-order chi connectivity index (χ1) is 9.81. The van der Waals surface area contributed by atoms with E-state index in [1.54, 1.807) is 0 Å². The molecule has 0 saturated heterocycles. The molecular weight excluding hydrogens is 250 g/mol. The van der Waals surface area contributed by atoms with E-state index in [0.29, 0.717) is 6.61 Å². The summed E-state index contributed by atoms with van der Waals surface area (Å²) in [6, 6.07) is 7.90. The molecule has 1 aromatic rings. The fourth-order valence-corrected chi connectivity index (χ4v) is 3.36. The van der Waals surface area contributed by atoms with Gasteiger partial charge in [0.2, 0.25) is 0 Å². The summed E-state index contributed by atoms with van der Waals surface area (Å²) in [5, 5.41) is 3.57. The van der Waals surface area contributed by atoms with Gasteiger partial charge in [0.1, 0.15) is 12.7 Å². The van der Waals surface area contributed by atoms with Gasteiger partial charge in [-0.15, -0.1) is 0 Å². The van der Waals surface area contributed by atoms with E-state index in [1.807, 2.05) is 24.3 Å². The predicted octanol–water partition coefficient (Wildman–Crippen LogP) is 3.24. The van der Waals surface area contributed by atoms with Crippen LogP contribution in [0.25, 0.3) is 0 Å². The van der Waals surface area contributed by atoms with Gasteiger partial charge in [-0.25, -0.2) is 0 Å². The molecule has 3 rings (SSSR count). The Kier molecular flexibility index (Phi) is 4.46. The molecule has 0 amide bonds. The Morgan fingerprint density at radius 2 is 2.00 bits per heavy atom. The highest BCUT2D eigenvalue weighted by molar-refractivity contribution is 5.40. The van der Waals surface area contributed by atoms with Crippen LogP contribution in [0.4, 0.5) is 0 Å². The lowest BCUT2D eigenvalue weighted by atomic mass is 9.82. The van der Waals surface area contributed by atoms with E-state index in [4.69, 9.17) is 9.47 Å². The van der Waals surface area contributed by atoms with Crippen molar-refractivity contribution in [2.45, 2.75) is 38.7 Å². The molecule has 3 unspecified atom stereocenters. The molecule has 1 saturated carbocycles. The van der Waals surface area contributed by atoms with Crippen molar-refractivity contribution < 1.29 is 9.47 Å². The standard InChI is InChI=1S/C17H25NO2/c1-13-5-4-6-14(9-13)10-18-11-15-12-19-16-7-2-3-8-17(16)20-15/h2-3,7-8,13-15,18H,4-6,9-12H2,1H3. The van der Waals surface area contributed by atoms with Crippen LogP contribution in [0.1, 0.15) is 32.6 Å². The molecule has 2 aliphatic rings. The molecule has 110 valence electrons. The average molecular weight is 275 g/mol. The first-order valence-corrected chi connectivity index (χ1v) is 7.90. The Morgan fingerprint density at radius 1 is 1.15 bits per heavy atom. The number of hydrogen-bond acceptors (Lipinski definition) is 3. The number of para-hydroxylation sites is 2. The summed E-state index contributed by atoms with van der Waals surface area (Å²) < 4.78 is 11.7. The van der Waals surface area contributed by atoms with Crippen molar-refractivity contribution in [2.24, 2.45) is 11.8 Å². The van der Waals surface area contributed by atoms with Crippen LogP contribution < -0.4 is 14.8 Å². The molecule has 1 N–H and O–H groups in total. The zero-order chi connectivity index (χ0) is 13.8. The van der Waals surface area contributed by atoms with Crippen molar-refractivity contribution in [3.05, 3.63) is 24.3 Å². The van der Waals surface area contributed by atoms with Gasteiger partial charge in [-0.2, -0.15) is 0 Å². The molecule has 1 aromatic carbocycles. The Labute approximate surface area is 121 Å². The van der Waals surface area contributed by atoms with Gasteiger partial charge in [-0.1, -0.05) is 31.9 Å². The average Bonchev–Trinajstić information content (AvgIpc) is 2.47. The van der Waals surface area contributed by atoms with Crippen LogP contribution in [0, 0.1) is 11.8 Å². The van der Waals surface area contributed by atoms with Gasteiger partial charge in [0.05, 0.1) is 0 Å². The van der Waals surface area contributed by atoms with Crippen LogP contribution in [0.15, 0.2) is 24.3 Å². The lowest BCUT2D eigenvalue weighted by Gasteiger charge is -2.29. The smallest absolute Gasteiger partial charge is 0.161 e. The first-order valence-electron chi connectivity index (χ1n) is 7.90.